The van der Waals surface area contributed by atoms with Crippen LogP contribution in [0.2, 0.25) is 0 Å². The Morgan fingerprint density at radius 1 is 1.04 bits per heavy atom. The fraction of sp³-hybridized carbons (Fsp3) is 0.381. The molecule has 3 aromatic rings. The molecule has 0 atom stereocenters. The number of anilines is 1. The quantitative estimate of drug-likeness (QED) is 0.701. The Morgan fingerprint density at radius 3 is 2.57 bits per heavy atom. The Balaban J connectivity index is 1.46. The molecule has 0 aromatic carbocycles. The highest BCUT2D eigenvalue weighted by atomic mass is 19.1. The van der Waals surface area contributed by atoms with E-state index in [0.717, 1.165) is 48.5 Å². The molecule has 1 amide bonds. The van der Waals surface area contributed by atoms with E-state index in [-0.39, 0.29) is 5.91 Å². The number of rotatable bonds is 3. The van der Waals surface area contributed by atoms with Crippen LogP contribution in [0, 0.1) is 0 Å². The molecule has 0 N–H and O–H groups in total. The fourth-order valence-electron chi connectivity index (χ4n) is 4.00. The molecule has 144 valence electrons. The molecule has 7 heteroatoms. The van der Waals surface area contributed by atoms with Crippen molar-refractivity contribution >= 4 is 17.2 Å². The summed E-state index contributed by atoms with van der Waals surface area (Å²) < 4.78 is 14.9. The van der Waals surface area contributed by atoms with Gasteiger partial charge >= 0.3 is 0 Å². The maximum atomic E-state index is 13.1. The average Bonchev–Trinajstić information content (AvgIpc) is 3.16. The van der Waals surface area contributed by atoms with Crippen molar-refractivity contribution < 1.29 is 9.18 Å². The molecule has 5 rings (SSSR count). The predicted molar refractivity (Wildman–Crippen MR) is 105 cm³/mol. The van der Waals surface area contributed by atoms with E-state index in [1.165, 1.54) is 6.42 Å². The molecule has 0 unspecified atom stereocenters. The van der Waals surface area contributed by atoms with Gasteiger partial charge in [0.1, 0.15) is 12.0 Å². The number of pyridine rings is 2. The average molecular weight is 379 g/mol. The minimum atomic E-state index is -0.754. The smallest absolute Gasteiger partial charge is 0.257 e. The summed E-state index contributed by atoms with van der Waals surface area (Å²) in [6, 6.07) is 9.71. The molecule has 2 fully saturated rings. The van der Waals surface area contributed by atoms with Gasteiger partial charge in [-0.15, -0.1) is 0 Å². The second-order valence-electron chi connectivity index (χ2n) is 7.53. The van der Waals surface area contributed by atoms with Crippen LogP contribution in [0.15, 0.2) is 42.7 Å². The number of carbonyl (C=O) groups excluding carboxylic acids is 1. The highest BCUT2D eigenvalue weighted by Gasteiger charge is 2.27. The summed E-state index contributed by atoms with van der Waals surface area (Å²) in [6.07, 6.45) is 6.01. The molecule has 2 saturated heterocycles. The summed E-state index contributed by atoms with van der Waals surface area (Å²) >= 11 is 0. The normalized spacial score (nSPS) is 17.8. The zero-order chi connectivity index (χ0) is 19.1. The van der Waals surface area contributed by atoms with Gasteiger partial charge in [-0.3, -0.25) is 4.79 Å². The van der Waals surface area contributed by atoms with Crippen LogP contribution in [0.5, 0.6) is 0 Å². The highest BCUT2D eigenvalue weighted by molar-refractivity contribution is 6.01. The number of amides is 1. The van der Waals surface area contributed by atoms with Crippen molar-refractivity contribution in [2.45, 2.75) is 25.4 Å². The molecule has 28 heavy (non-hydrogen) atoms. The Morgan fingerprint density at radius 2 is 1.86 bits per heavy atom. The number of aromatic nitrogens is 3. The summed E-state index contributed by atoms with van der Waals surface area (Å²) in [5.41, 5.74) is 3.23. The van der Waals surface area contributed by atoms with E-state index in [4.69, 9.17) is 0 Å². The van der Waals surface area contributed by atoms with E-state index in [2.05, 4.69) is 10.1 Å². The third kappa shape index (κ3) is 2.91. The van der Waals surface area contributed by atoms with Gasteiger partial charge in [0.15, 0.2) is 0 Å². The second-order valence-corrected chi connectivity index (χ2v) is 7.53. The molecule has 2 aliphatic rings. The number of carbonyl (C=O) groups is 1. The first-order valence-corrected chi connectivity index (χ1v) is 9.82. The summed E-state index contributed by atoms with van der Waals surface area (Å²) in [7, 11) is 0. The molecule has 5 heterocycles. The van der Waals surface area contributed by atoms with Crippen LogP contribution >= 0.6 is 0 Å². The lowest BCUT2D eigenvalue weighted by molar-refractivity contribution is 0.0726. The van der Waals surface area contributed by atoms with Crippen molar-refractivity contribution in [1.82, 2.24) is 19.5 Å². The van der Waals surface area contributed by atoms with Gasteiger partial charge in [0, 0.05) is 24.8 Å². The highest BCUT2D eigenvalue weighted by Crippen LogP contribution is 2.26. The minimum Gasteiger partial charge on any atom is -0.351 e. The van der Waals surface area contributed by atoms with Crippen LogP contribution in [0.1, 0.15) is 29.6 Å². The Bertz CT molecular complexity index is 1000. The summed E-state index contributed by atoms with van der Waals surface area (Å²) in [5.74, 6) is 0.838. The molecule has 6 nitrogen and oxygen atoms in total. The van der Waals surface area contributed by atoms with Gasteiger partial charge in [0.05, 0.1) is 36.1 Å². The third-order valence-electron chi connectivity index (χ3n) is 5.62. The largest absolute Gasteiger partial charge is 0.351 e. The van der Waals surface area contributed by atoms with E-state index in [0.29, 0.717) is 18.7 Å². The van der Waals surface area contributed by atoms with Crippen LogP contribution in [0.3, 0.4) is 0 Å². The number of halogens is 1. The van der Waals surface area contributed by atoms with Crippen molar-refractivity contribution in [3.05, 3.63) is 48.3 Å². The van der Waals surface area contributed by atoms with Crippen molar-refractivity contribution in [1.29, 1.82) is 0 Å². The first-order valence-electron chi connectivity index (χ1n) is 9.82. The van der Waals surface area contributed by atoms with E-state index in [1.54, 1.807) is 16.9 Å². The van der Waals surface area contributed by atoms with Gasteiger partial charge < -0.3 is 9.80 Å². The summed E-state index contributed by atoms with van der Waals surface area (Å²) in [6.45, 7) is 2.45. The minimum absolute atomic E-state index is 0.0545. The zero-order valence-corrected chi connectivity index (χ0v) is 15.6. The molecule has 0 spiro atoms. The van der Waals surface area contributed by atoms with E-state index in [9.17, 15) is 9.18 Å². The van der Waals surface area contributed by atoms with E-state index in [1.807, 2.05) is 40.1 Å². The first-order chi connectivity index (χ1) is 13.7. The third-order valence-corrected chi connectivity index (χ3v) is 5.62. The maximum Gasteiger partial charge on any atom is 0.257 e. The van der Waals surface area contributed by atoms with Crippen molar-refractivity contribution in [3.63, 3.8) is 0 Å². The number of hydrogen-bond donors (Lipinski definition) is 0. The van der Waals surface area contributed by atoms with Crippen LogP contribution in [-0.2, 0) is 0 Å². The Hall–Kier alpha value is -2.96. The fourth-order valence-corrected chi connectivity index (χ4v) is 4.00. The van der Waals surface area contributed by atoms with E-state index < -0.39 is 6.17 Å². The van der Waals surface area contributed by atoms with E-state index >= 15 is 0 Å². The molecule has 0 saturated carbocycles. The molecular formula is C21H22FN5O. The Labute approximate surface area is 162 Å². The predicted octanol–water partition coefficient (Wildman–Crippen LogP) is 3.18. The summed E-state index contributed by atoms with van der Waals surface area (Å²) in [5, 5.41) is 4.49. The van der Waals surface area contributed by atoms with Gasteiger partial charge in [0.2, 0.25) is 0 Å². The molecular weight excluding hydrogens is 357 g/mol. The number of piperidine rings is 1. The molecule has 3 aromatic heterocycles. The number of fused-ring (bicyclic) bond motifs is 1. The van der Waals surface area contributed by atoms with Gasteiger partial charge in [0.25, 0.3) is 5.91 Å². The topological polar surface area (TPSA) is 53.7 Å². The van der Waals surface area contributed by atoms with Crippen LogP contribution in [0.25, 0.3) is 16.8 Å². The molecule has 0 radical (unpaired) electrons. The molecule has 0 bridgehead atoms. The Kier molecular flexibility index (Phi) is 4.22. The summed E-state index contributed by atoms with van der Waals surface area (Å²) in [4.78, 5) is 21.2. The lowest BCUT2D eigenvalue weighted by atomic mass is 10.1. The number of alkyl halides is 1. The van der Waals surface area contributed by atoms with Crippen LogP contribution in [0.4, 0.5) is 10.2 Å². The monoisotopic (exact) mass is 379 g/mol. The first kappa shape index (κ1) is 17.2. The van der Waals surface area contributed by atoms with Gasteiger partial charge in [-0.25, -0.2) is 13.9 Å². The maximum absolute atomic E-state index is 13.1. The second kappa shape index (κ2) is 6.89. The van der Waals surface area contributed by atoms with Crippen LogP contribution in [-0.4, -0.2) is 57.8 Å². The number of nitrogens with zero attached hydrogens (tertiary/aromatic N) is 5. The van der Waals surface area contributed by atoms with Crippen molar-refractivity contribution in [3.8, 4) is 11.3 Å². The van der Waals surface area contributed by atoms with Gasteiger partial charge in [-0.1, -0.05) is 6.07 Å². The standard InChI is InChI=1S/C21H22FN5O/c22-16-13-26(14-16)20-8-7-15(11-23-20)18-5-4-6-19-17(12-24-27(18)19)21(28)25-9-2-1-3-10-25/h4-8,11-12,16H,1-3,9-10,13-14H2. The zero-order valence-electron chi connectivity index (χ0n) is 15.6. The van der Waals surface area contributed by atoms with Crippen LogP contribution < -0.4 is 4.90 Å². The van der Waals surface area contributed by atoms with Gasteiger partial charge in [-0.2, -0.15) is 5.10 Å². The van der Waals surface area contributed by atoms with Crippen molar-refractivity contribution in [2.24, 2.45) is 0 Å². The van der Waals surface area contributed by atoms with Gasteiger partial charge in [-0.05, 0) is 43.5 Å². The lowest BCUT2D eigenvalue weighted by Crippen LogP contribution is -2.48. The molecule has 0 aliphatic carbocycles. The lowest BCUT2D eigenvalue weighted by Gasteiger charge is -2.35. The molecule has 2 aliphatic heterocycles. The number of likely N-dealkylation sites (tertiary alicyclic amines) is 1. The SMILES string of the molecule is O=C(c1cnn2c(-c3ccc(N4CC(F)C4)nc3)cccc12)N1CCCCC1. The van der Waals surface area contributed by atoms with Crippen molar-refractivity contribution in [2.75, 3.05) is 31.1 Å². The number of hydrogen-bond acceptors (Lipinski definition) is 4.